The molecule has 0 aliphatic heterocycles. The molecule has 9 heteroatoms. The van der Waals surface area contributed by atoms with E-state index in [0.29, 0.717) is 6.42 Å². The Hall–Kier alpha value is -1.12. The van der Waals surface area contributed by atoms with Gasteiger partial charge in [0.15, 0.2) is 0 Å². The normalized spacial score (nSPS) is 27.8. The third-order valence-electron chi connectivity index (χ3n) is 2.27. The predicted molar refractivity (Wildman–Crippen MR) is 63.2 cm³/mol. The van der Waals surface area contributed by atoms with E-state index in [4.69, 9.17) is 19.2 Å². The Bertz CT molecular complexity index is 443. The van der Waals surface area contributed by atoms with Crippen molar-refractivity contribution in [3.05, 3.63) is 22.6 Å². The van der Waals surface area contributed by atoms with Gasteiger partial charge in [-0.05, 0) is 12.0 Å². The molecule has 8 nitrogen and oxygen atoms in total. The molecule has 0 saturated heterocycles. The van der Waals surface area contributed by atoms with E-state index in [1.807, 2.05) is 0 Å². The van der Waals surface area contributed by atoms with Gasteiger partial charge >= 0.3 is 0 Å². The Kier molecular flexibility index (Phi) is 5.57. The third-order valence-corrected chi connectivity index (χ3v) is 2.84. The molecule has 18 heavy (non-hydrogen) atoms. The maximum atomic E-state index is 11.2. The quantitative estimate of drug-likeness (QED) is 0.179. The van der Waals surface area contributed by atoms with Gasteiger partial charge < -0.3 is 9.47 Å². The molecule has 0 amide bonds. The summed E-state index contributed by atoms with van der Waals surface area (Å²) in [6.07, 6.45) is 3.24. The monoisotopic (exact) mass is 277 g/mol. The van der Waals surface area contributed by atoms with Crippen molar-refractivity contribution < 1.29 is 22.1 Å². The second-order valence-electron chi connectivity index (χ2n) is 3.74. The zero-order valence-electron chi connectivity index (χ0n) is 10.1. The van der Waals surface area contributed by atoms with Crippen molar-refractivity contribution in [3.8, 4) is 0 Å². The van der Waals surface area contributed by atoms with Crippen LogP contribution in [0.3, 0.4) is 0 Å². The van der Waals surface area contributed by atoms with Crippen LogP contribution >= 0.6 is 0 Å². The smallest absolute Gasteiger partial charge is 0.264 e. The molecule has 0 aromatic heterocycles. The molecule has 0 spiro atoms. The van der Waals surface area contributed by atoms with E-state index in [1.54, 1.807) is 12.2 Å². The summed E-state index contributed by atoms with van der Waals surface area (Å²) in [5.41, 5.74) is 8.46. The van der Waals surface area contributed by atoms with Gasteiger partial charge in [0, 0.05) is 12.0 Å². The van der Waals surface area contributed by atoms with Gasteiger partial charge in [-0.15, -0.1) is 0 Å². The fourth-order valence-corrected chi connectivity index (χ4v) is 2.25. The molecule has 0 aromatic rings. The summed E-state index contributed by atoms with van der Waals surface area (Å²) in [5, 5.41) is 3.53. The van der Waals surface area contributed by atoms with Crippen LogP contribution in [0.4, 0.5) is 0 Å². The second kappa shape index (κ2) is 6.72. The van der Waals surface area contributed by atoms with Crippen molar-refractivity contribution in [3.63, 3.8) is 0 Å². The minimum Gasteiger partial charge on any atom is -0.359 e. The van der Waals surface area contributed by atoms with E-state index in [2.05, 4.69) is 10.0 Å². The molecule has 0 N–H and O–H groups in total. The summed E-state index contributed by atoms with van der Waals surface area (Å²) >= 11 is 0. The molecule has 102 valence electrons. The summed E-state index contributed by atoms with van der Waals surface area (Å²) in [5.74, 6) is 0. The SMILES string of the molecule is COCO[C@H]1C=CC[C@@H](N=[N+]=[N-])[C@@H]1OS(C)(=O)=O. The molecule has 0 aromatic carbocycles. The number of nitrogens with zero attached hydrogens (tertiary/aromatic N) is 3. The Balaban J connectivity index is 2.88. The minimum atomic E-state index is -3.67. The number of ether oxygens (including phenoxy) is 2. The number of methoxy groups -OCH3 is 1. The van der Waals surface area contributed by atoms with Gasteiger partial charge in [-0.25, -0.2) is 0 Å². The average Bonchev–Trinajstić information content (AvgIpc) is 2.28. The molecule has 1 aliphatic rings. The van der Waals surface area contributed by atoms with Crippen molar-refractivity contribution in [2.75, 3.05) is 20.2 Å². The number of rotatable bonds is 6. The van der Waals surface area contributed by atoms with Crippen molar-refractivity contribution in [1.29, 1.82) is 0 Å². The van der Waals surface area contributed by atoms with Crippen molar-refractivity contribution in [1.82, 2.24) is 0 Å². The predicted octanol–water partition coefficient (Wildman–Crippen LogP) is 0.959. The van der Waals surface area contributed by atoms with Gasteiger partial charge in [0.2, 0.25) is 0 Å². The fraction of sp³-hybridized carbons (Fsp3) is 0.778. The molecule has 0 heterocycles. The summed E-state index contributed by atoms with van der Waals surface area (Å²) < 4.78 is 37.4. The first-order chi connectivity index (χ1) is 8.48. The van der Waals surface area contributed by atoms with Crippen LogP contribution in [0.15, 0.2) is 17.3 Å². The lowest BCUT2D eigenvalue weighted by atomic mass is 9.97. The highest BCUT2D eigenvalue weighted by Crippen LogP contribution is 2.23. The third kappa shape index (κ3) is 4.63. The molecule has 0 unspecified atom stereocenters. The summed E-state index contributed by atoms with van der Waals surface area (Å²) in [7, 11) is -2.22. The van der Waals surface area contributed by atoms with Crippen LogP contribution in [0.1, 0.15) is 6.42 Å². The summed E-state index contributed by atoms with van der Waals surface area (Å²) in [4.78, 5) is 2.68. The second-order valence-corrected chi connectivity index (χ2v) is 5.34. The lowest BCUT2D eigenvalue weighted by molar-refractivity contribution is -0.0925. The van der Waals surface area contributed by atoms with Crippen LogP contribution in [0.25, 0.3) is 10.4 Å². The zero-order chi connectivity index (χ0) is 13.6. The Morgan fingerprint density at radius 1 is 1.56 bits per heavy atom. The van der Waals surface area contributed by atoms with Crippen LogP contribution in [-0.4, -0.2) is 46.8 Å². The molecule has 0 saturated carbocycles. The number of hydrogen-bond acceptors (Lipinski definition) is 6. The first kappa shape index (κ1) is 14.9. The van der Waals surface area contributed by atoms with Gasteiger partial charge in [-0.2, -0.15) is 8.42 Å². The molecular formula is C9H15N3O5S. The highest BCUT2D eigenvalue weighted by atomic mass is 32.2. The maximum absolute atomic E-state index is 11.2. The van der Waals surface area contributed by atoms with E-state index >= 15 is 0 Å². The molecular weight excluding hydrogens is 262 g/mol. The standard InChI is InChI=1S/C9H15N3O5S/c1-15-6-16-8-5-3-4-7(11-12-10)9(8)17-18(2,13)14/h3,5,7-9H,4,6H2,1-2H3/t7-,8+,9+/m1/s1. The molecule has 0 bridgehead atoms. The number of hydrogen-bond donors (Lipinski definition) is 0. The molecule has 0 fully saturated rings. The van der Waals surface area contributed by atoms with Gasteiger partial charge in [0.05, 0.1) is 12.3 Å². The van der Waals surface area contributed by atoms with Gasteiger partial charge in [0.1, 0.15) is 19.0 Å². The van der Waals surface area contributed by atoms with E-state index in [1.165, 1.54) is 7.11 Å². The van der Waals surface area contributed by atoms with Crippen LogP contribution in [0.5, 0.6) is 0 Å². The Morgan fingerprint density at radius 2 is 2.28 bits per heavy atom. The van der Waals surface area contributed by atoms with Crippen molar-refractivity contribution in [2.24, 2.45) is 5.11 Å². The highest BCUT2D eigenvalue weighted by molar-refractivity contribution is 7.86. The minimum absolute atomic E-state index is 0.0123. The topological polar surface area (TPSA) is 111 Å². The van der Waals surface area contributed by atoms with E-state index in [9.17, 15) is 8.42 Å². The molecule has 3 atom stereocenters. The van der Waals surface area contributed by atoms with Crippen LogP contribution < -0.4 is 0 Å². The summed E-state index contributed by atoms with van der Waals surface area (Å²) in [6, 6.07) is -0.628. The number of azide groups is 1. The molecule has 1 aliphatic carbocycles. The van der Waals surface area contributed by atoms with Crippen molar-refractivity contribution >= 4 is 10.1 Å². The molecule has 1 rings (SSSR count). The van der Waals surface area contributed by atoms with Crippen LogP contribution in [0.2, 0.25) is 0 Å². The largest absolute Gasteiger partial charge is 0.359 e. The van der Waals surface area contributed by atoms with E-state index < -0.39 is 28.4 Å². The van der Waals surface area contributed by atoms with E-state index in [-0.39, 0.29) is 6.79 Å². The zero-order valence-corrected chi connectivity index (χ0v) is 10.9. The fourth-order valence-electron chi connectivity index (χ4n) is 1.61. The lowest BCUT2D eigenvalue weighted by Gasteiger charge is -2.30. The molecule has 0 radical (unpaired) electrons. The van der Waals surface area contributed by atoms with Gasteiger partial charge in [0.25, 0.3) is 10.1 Å². The first-order valence-electron chi connectivity index (χ1n) is 5.17. The highest BCUT2D eigenvalue weighted by Gasteiger charge is 2.34. The maximum Gasteiger partial charge on any atom is 0.264 e. The lowest BCUT2D eigenvalue weighted by Crippen LogP contribution is -2.42. The average molecular weight is 277 g/mol. The van der Waals surface area contributed by atoms with Crippen LogP contribution in [0, 0.1) is 0 Å². The van der Waals surface area contributed by atoms with Gasteiger partial charge in [-0.1, -0.05) is 17.3 Å². The Labute approximate surface area is 105 Å². The van der Waals surface area contributed by atoms with Gasteiger partial charge in [-0.3, -0.25) is 4.18 Å². The van der Waals surface area contributed by atoms with Crippen molar-refractivity contribution in [2.45, 2.75) is 24.7 Å². The summed E-state index contributed by atoms with van der Waals surface area (Å²) in [6.45, 7) is -0.0123. The van der Waals surface area contributed by atoms with E-state index in [0.717, 1.165) is 6.26 Å². The van der Waals surface area contributed by atoms with Crippen LogP contribution in [-0.2, 0) is 23.8 Å². The Morgan fingerprint density at radius 3 is 2.83 bits per heavy atom. The first-order valence-corrected chi connectivity index (χ1v) is 6.99.